The molecule has 0 aliphatic carbocycles. The van der Waals surface area contributed by atoms with E-state index >= 15 is 0 Å². The summed E-state index contributed by atoms with van der Waals surface area (Å²) in [5.74, 6) is -1.27. The largest absolute Gasteiger partial charge is 0.502 e. The predicted molar refractivity (Wildman–Crippen MR) is 42.6 cm³/mol. The van der Waals surface area contributed by atoms with Gasteiger partial charge in [-0.1, -0.05) is 11.6 Å². The Balaban J connectivity index is 3.31. The lowest BCUT2D eigenvalue weighted by atomic mass is 10.2. The van der Waals surface area contributed by atoms with Gasteiger partial charge in [0.05, 0.1) is 10.6 Å². The number of carboxylic acids is 1. The summed E-state index contributed by atoms with van der Waals surface area (Å²) in [7, 11) is 0. The van der Waals surface area contributed by atoms with E-state index in [0.29, 0.717) is 0 Å². The maximum absolute atomic E-state index is 10.4. The Kier molecular flexibility index (Phi) is 2.21. The van der Waals surface area contributed by atoms with E-state index in [4.69, 9.17) is 21.8 Å². The zero-order valence-corrected chi connectivity index (χ0v) is 6.80. The van der Waals surface area contributed by atoms with Gasteiger partial charge in [0, 0.05) is 6.07 Å². The first kappa shape index (κ1) is 8.83. The van der Waals surface area contributed by atoms with Crippen molar-refractivity contribution in [3.63, 3.8) is 0 Å². The molecule has 0 fully saturated rings. The van der Waals surface area contributed by atoms with Crippen molar-refractivity contribution in [3.8, 4) is 5.75 Å². The Morgan fingerprint density at radius 1 is 1.50 bits per heavy atom. The van der Waals surface area contributed by atoms with Crippen molar-refractivity contribution in [1.82, 2.24) is 0 Å². The predicted octanol–water partition coefficient (Wildman–Crippen LogP) is 0.617. The molecule has 1 aromatic rings. The molecule has 0 aromatic heterocycles. The second-order valence-corrected chi connectivity index (χ2v) is 2.68. The lowest BCUT2D eigenvalue weighted by Gasteiger charge is -1.99. The number of rotatable bonds is 1. The summed E-state index contributed by atoms with van der Waals surface area (Å²) < 4.78 is 0. The van der Waals surface area contributed by atoms with Crippen LogP contribution in [0.3, 0.4) is 0 Å². The fourth-order valence-corrected chi connectivity index (χ4v) is 1.02. The molecule has 12 heavy (non-hydrogen) atoms. The van der Waals surface area contributed by atoms with Crippen molar-refractivity contribution in [2.45, 2.75) is 0 Å². The van der Waals surface area contributed by atoms with Gasteiger partial charge in [-0.3, -0.25) is 0 Å². The lowest BCUT2D eigenvalue weighted by molar-refractivity contribution is -0.256. The number of phenols is 1. The van der Waals surface area contributed by atoms with E-state index in [1.54, 1.807) is 0 Å². The summed E-state index contributed by atoms with van der Waals surface area (Å²) in [6.45, 7) is 0. The number of hydrogen-bond donors (Lipinski definition) is 3. The smallest absolute Gasteiger partial charge is 0.335 e. The summed E-state index contributed by atoms with van der Waals surface area (Å²) >= 11 is 5.51. The Bertz CT molecular complexity index is 314. The van der Waals surface area contributed by atoms with E-state index in [1.807, 2.05) is 0 Å². The van der Waals surface area contributed by atoms with E-state index in [9.17, 15) is 4.79 Å². The van der Waals surface area contributed by atoms with E-state index in [-0.39, 0.29) is 22.0 Å². The zero-order chi connectivity index (χ0) is 9.30. The maximum Gasteiger partial charge on any atom is 0.335 e. The van der Waals surface area contributed by atoms with Crippen molar-refractivity contribution >= 4 is 23.3 Å². The van der Waals surface area contributed by atoms with Crippen LogP contribution in [-0.2, 0) is 0 Å². The third-order valence-electron chi connectivity index (χ3n) is 1.39. The first-order valence-electron chi connectivity index (χ1n) is 3.10. The van der Waals surface area contributed by atoms with Gasteiger partial charge in [-0.25, -0.2) is 4.79 Å². The molecule has 1 aromatic carbocycles. The van der Waals surface area contributed by atoms with Gasteiger partial charge in [-0.2, -0.15) is 0 Å². The molecule has 64 valence electrons. The highest BCUT2D eigenvalue weighted by molar-refractivity contribution is 6.32. The van der Waals surface area contributed by atoms with Crippen LogP contribution in [0.1, 0.15) is 10.4 Å². The summed E-state index contributed by atoms with van der Waals surface area (Å²) in [4.78, 5) is 10.4. The van der Waals surface area contributed by atoms with Crippen molar-refractivity contribution < 1.29 is 20.7 Å². The number of aromatic hydroxyl groups is 1. The molecule has 0 amide bonds. The highest BCUT2D eigenvalue weighted by atomic mass is 35.5. The molecule has 0 radical (unpaired) electrons. The second-order valence-electron chi connectivity index (χ2n) is 2.27. The van der Waals surface area contributed by atoms with Crippen LogP contribution in [-0.4, -0.2) is 16.2 Å². The Morgan fingerprint density at radius 2 is 2.08 bits per heavy atom. The minimum absolute atomic E-state index is 0.0000926. The van der Waals surface area contributed by atoms with Crippen LogP contribution < -0.4 is 5.73 Å². The van der Waals surface area contributed by atoms with Gasteiger partial charge in [0.2, 0.25) is 0 Å². The van der Waals surface area contributed by atoms with E-state index in [0.717, 1.165) is 0 Å². The standard InChI is InChI=1S/C7H6ClNO3/c8-4-1-3(7(11)12)2-5(9)6(4)10/h1-2,10H,9H2,(H,11,12)/p+1. The third kappa shape index (κ3) is 1.49. The minimum atomic E-state index is -1.10. The molecule has 1 rings (SSSR count). The molecule has 0 saturated carbocycles. The van der Waals surface area contributed by atoms with Crippen molar-refractivity contribution in [1.29, 1.82) is 0 Å². The minimum Gasteiger partial charge on any atom is -0.502 e. The topological polar surface area (TPSA) is 85.2 Å². The van der Waals surface area contributed by atoms with Gasteiger partial charge >= 0.3 is 5.97 Å². The lowest BCUT2D eigenvalue weighted by Crippen LogP contribution is -2.40. The average molecular weight is 189 g/mol. The molecule has 0 spiro atoms. The van der Waals surface area contributed by atoms with E-state index in [2.05, 4.69) is 5.73 Å². The molecule has 5 heteroatoms. The number of carbonyl (C=O) groups is 1. The quantitative estimate of drug-likeness (QED) is 0.604. The normalized spacial score (nSPS) is 9.83. The Hall–Kier alpha value is -1.26. The molecule has 5 N–H and O–H groups in total. The van der Waals surface area contributed by atoms with Gasteiger partial charge in [-0.05, 0) is 6.07 Å². The molecule has 0 aliphatic heterocycles. The van der Waals surface area contributed by atoms with Gasteiger partial charge in [0.25, 0.3) is 0 Å². The van der Waals surface area contributed by atoms with Gasteiger partial charge in [-0.15, -0.1) is 0 Å². The zero-order valence-electron chi connectivity index (χ0n) is 6.04. The SMILES string of the molecule is [NH3+]c1cc(C(=O)O)cc(Cl)c1O. The van der Waals surface area contributed by atoms with Crippen molar-refractivity contribution in [3.05, 3.63) is 22.7 Å². The maximum atomic E-state index is 10.4. The number of hydrogen-bond acceptors (Lipinski definition) is 2. The number of benzene rings is 1. The first-order chi connectivity index (χ1) is 5.52. The highest BCUT2D eigenvalue weighted by Crippen LogP contribution is 2.29. The molecular weight excluding hydrogens is 182 g/mol. The van der Waals surface area contributed by atoms with Crippen LogP contribution in [0, 0.1) is 0 Å². The fourth-order valence-electron chi connectivity index (χ4n) is 0.779. The summed E-state index contributed by atoms with van der Waals surface area (Å²) in [6.07, 6.45) is 0. The van der Waals surface area contributed by atoms with Crippen LogP contribution in [0.4, 0.5) is 5.69 Å². The fraction of sp³-hybridized carbons (Fsp3) is 0. The average Bonchev–Trinajstić information content (AvgIpc) is 1.99. The van der Waals surface area contributed by atoms with E-state index in [1.165, 1.54) is 12.1 Å². The van der Waals surface area contributed by atoms with Crippen LogP contribution in [0.25, 0.3) is 0 Å². The number of aromatic carboxylic acids is 1. The Labute approximate surface area is 73.2 Å². The number of quaternary nitrogens is 1. The number of halogens is 1. The molecule has 4 nitrogen and oxygen atoms in total. The Morgan fingerprint density at radius 3 is 2.50 bits per heavy atom. The molecule has 0 heterocycles. The summed E-state index contributed by atoms with van der Waals surface area (Å²) in [5.41, 5.74) is 3.65. The van der Waals surface area contributed by atoms with Gasteiger partial charge in [0.15, 0.2) is 11.4 Å². The molecule has 0 unspecified atom stereocenters. The molecular formula is C7H7ClNO3+. The van der Waals surface area contributed by atoms with Crippen LogP contribution in [0.5, 0.6) is 5.75 Å². The first-order valence-corrected chi connectivity index (χ1v) is 3.48. The monoisotopic (exact) mass is 188 g/mol. The summed E-state index contributed by atoms with van der Waals surface area (Å²) in [5, 5.41) is 17.7. The molecule has 0 bridgehead atoms. The number of phenolic OH excluding ortho intramolecular Hbond substituents is 1. The van der Waals surface area contributed by atoms with Crippen LogP contribution >= 0.6 is 11.6 Å². The molecule has 0 atom stereocenters. The highest BCUT2D eigenvalue weighted by Gasteiger charge is 2.12. The van der Waals surface area contributed by atoms with Crippen LogP contribution in [0.15, 0.2) is 12.1 Å². The third-order valence-corrected chi connectivity index (χ3v) is 1.68. The number of carboxylic acid groups (broad SMARTS) is 1. The van der Waals surface area contributed by atoms with Crippen LogP contribution in [0.2, 0.25) is 5.02 Å². The molecule has 0 saturated heterocycles. The van der Waals surface area contributed by atoms with Crippen molar-refractivity contribution in [2.75, 3.05) is 0 Å². The molecule has 0 aliphatic rings. The van der Waals surface area contributed by atoms with E-state index < -0.39 is 5.97 Å². The second kappa shape index (κ2) is 3.00. The van der Waals surface area contributed by atoms with Gasteiger partial charge in [0.1, 0.15) is 0 Å². The van der Waals surface area contributed by atoms with Crippen molar-refractivity contribution in [2.24, 2.45) is 0 Å². The summed E-state index contributed by atoms with van der Waals surface area (Å²) in [6, 6.07) is 2.43. The van der Waals surface area contributed by atoms with Gasteiger partial charge < -0.3 is 15.9 Å².